The summed E-state index contributed by atoms with van der Waals surface area (Å²) in [6, 6.07) is 6.63. The lowest BCUT2D eigenvalue weighted by molar-refractivity contribution is 0.844. The second-order valence-corrected chi connectivity index (χ2v) is 3.64. The molecule has 0 amide bonds. The van der Waals surface area contributed by atoms with Gasteiger partial charge in [0.05, 0.1) is 6.04 Å². The van der Waals surface area contributed by atoms with Gasteiger partial charge in [0.1, 0.15) is 0 Å². The minimum absolute atomic E-state index is 0.345. The zero-order valence-electron chi connectivity index (χ0n) is 6.21. The summed E-state index contributed by atoms with van der Waals surface area (Å²) in [6.07, 6.45) is 1.94. The van der Waals surface area contributed by atoms with E-state index in [1.165, 1.54) is 11.1 Å². The Labute approximate surface area is 74.3 Å². The van der Waals surface area contributed by atoms with Crippen LogP contribution in [0.4, 0.5) is 0 Å². The van der Waals surface area contributed by atoms with Crippen LogP contribution in [0.2, 0.25) is 0 Å². The molecular weight excluding hydrogens is 202 g/mol. The van der Waals surface area contributed by atoms with Crippen LogP contribution in [0, 0.1) is 0 Å². The van der Waals surface area contributed by atoms with E-state index in [1.54, 1.807) is 0 Å². The molecule has 1 aliphatic heterocycles. The van der Waals surface area contributed by atoms with E-state index in [9.17, 15) is 0 Å². The smallest absolute Gasteiger partial charge is 0.0727 e. The van der Waals surface area contributed by atoms with Gasteiger partial charge in [0.15, 0.2) is 0 Å². The molecule has 0 radical (unpaired) electrons. The Balaban J connectivity index is 2.58. The van der Waals surface area contributed by atoms with Crippen LogP contribution in [-0.2, 0) is 0 Å². The zero-order chi connectivity index (χ0) is 7.84. The number of fused-ring (bicyclic) bond motifs is 1. The molecule has 0 aromatic heterocycles. The molecule has 0 fully saturated rings. The van der Waals surface area contributed by atoms with Gasteiger partial charge in [-0.3, -0.25) is 4.99 Å². The predicted octanol–water partition coefficient (Wildman–Crippen LogP) is 2.94. The predicted molar refractivity (Wildman–Crippen MR) is 50.2 cm³/mol. The second kappa shape index (κ2) is 2.45. The molecule has 1 aromatic carbocycles. The van der Waals surface area contributed by atoms with Crippen molar-refractivity contribution >= 4 is 22.1 Å². The van der Waals surface area contributed by atoms with Crippen molar-refractivity contribution < 1.29 is 0 Å². The van der Waals surface area contributed by atoms with Crippen molar-refractivity contribution in [1.82, 2.24) is 0 Å². The lowest BCUT2D eigenvalue weighted by Crippen LogP contribution is -1.86. The van der Waals surface area contributed by atoms with Gasteiger partial charge in [-0.2, -0.15) is 0 Å². The molecule has 2 rings (SSSR count). The third-order valence-electron chi connectivity index (χ3n) is 1.94. The van der Waals surface area contributed by atoms with Gasteiger partial charge in [-0.15, -0.1) is 0 Å². The highest BCUT2D eigenvalue weighted by molar-refractivity contribution is 9.10. The number of benzene rings is 1. The van der Waals surface area contributed by atoms with Crippen molar-refractivity contribution in [3.05, 3.63) is 33.8 Å². The van der Waals surface area contributed by atoms with Crippen molar-refractivity contribution in [3.63, 3.8) is 0 Å². The summed E-state index contributed by atoms with van der Waals surface area (Å²) in [5.41, 5.74) is 2.57. The fraction of sp³-hybridized carbons (Fsp3) is 0.222. The summed E-state index contributed by atoms with van der Waals surface area (Å²) in [5.74, 6) is 0. The van der Waals surface area contributed by atoms with Gasteiger partial charge in [0.2, 0.25) is 0 Å². The van der Waals surface area contributed by atoms with Gasteiger partial charge >= 0.3 is 0 Å². The average Bonchev–Trinajstić information content (AvgIpc) is 2.32. The van der Waals surface area contributed by atoms with E-state index in [4.69, 9.17) is 0 Å². The lowest BCUT2D eigenvalue weighted by Gasteiger charge is -2.01. The number of halogens is 1. The Morgan fingerprint density at radius 2 is 2.27 bits per heavy atom. The maximum atomic E-state index is 4.30. The second-order valence-electron chi connectivity index (χ2n) is 2.73. The van der Waals surface area contributed by atoms with E-state index in [-0.39, 0.29) is 0 Å². The first kappa shape index (κ1) is 7.04. The topological polar surface area (TPSA) is 12.4 Å². The van der Waals surface area contributed by atoms with Crippen molar-refractivity contribution in [1.29, 1.82) is 0 Å². The normalized spacial score (nSPS) is 20.4. The quantitative estimate of drug-likeness (QED) is 0.624. The number of hydrogen-bond acceptors (Lipinski definition) is 1. The largest absolute Gasteiger partial charge is 0.285 e. The van der Waals surface area contributed by atoms with E-state index >= 15 is 0 Å². The number of hydrogen-bond donors (Lipinski definition) is 0. The molecule has 0 saturated carbocycles. The molecule has 1 aliphatic rings. The summed E-state index contributed by atoms with van der Waals surface area (Å²) in [7, 11) is 0. The summed E-state index contributed by atoms with van der Waals surface area (Å²) in [6.45, 7) is 2.11. The Kier molecular flexibility index (Phi) is 1.57. The van der Waals surface area contributed by atoms with Gasteiger partial charge in [0, 0.05) is 10.7 Å². The van der Waals surface area contributed by atoms with E-state index in [0.29, 0.717) is 6.04 Å². The first-order valence-corrected chi connectivity index (χ1v) is 4.39. The molecule has 0 bridgehead atoms. The monoisotopic (exact) mass is 209 g/mol. The van der Waals surface area contributed by atoms with Crippen LogP contribution >= 0.6 is 15.9 Å². The third-order valence-corrected chi connectivity index (χ3v) is 2.43. The molecule has 1 atom stereocenters. The maximum absolute atomic E-state index is 4.30. The minimum Gasteiger partial charge on any atom is -0.285 e. The molecule has 0 N–H and O–H groups in total. The fourth-order valence-corrected chi connectivity index (χ4v) is 1.69. The molecule has 1 nitrogen and oxygen atoms in total. The van der Waals surface area contributed by atoms with Crippen molar-refractivity contribution in [2.75, 3.05) is 0 Å². The number of nitrogens with zero attached hydrogens (tertiary/aromatic N) is 1. The number of rotatable bonds is 0. The highest BCUT2D eigenvalue weighted by Gasteiger charge is 2.12. The van der Waals surface area contributed by atoms with Crippen molar-refractivity contribution in [2.24, 2.45) is 4.99 Å². The van der Waals surface area contributed by atoms with Crippen LogP contribution < -0.4 is 0 Å². The van der Waals surface area contributed by atoms with Crippen LogP contribution in [0.3, 0.4) is 0 Å². The molecule has 1 unspecified atom stereocenters. The zero-order valence-corrected chi connectivity index (χ0v) is 7.80. The van der Waals surface area contributed by atoms with E-state index in [0.717, 1.165) is 4.47 Å². The first-order chi connectivity index (χ1) is 5.27. The molecule has 0 spiro atoms. The lowest BCUT2D eigenvalue weighted by atomic mass is 10.1. The SMILES string of the molecule is CC1N=Cc2cc(Br)ccc21. The first-order valence-electron chi connectivity index (χ1n) is 3.60. The Morgan fingerprint density at radius 1 is 1.45 bits per heavy atom. The summed E-state index contributed by atoms with van der Waals surface area (Å²) >= 11 is 3.42. The van der Waals surface area contributed by atoms with Crippen LogP contribution in [0.5, 0.6) is 0 Å². The van der Waals surface area contributed by atoms with Crippen molar-refractivity contribution in [2.45, 2.75) is 13.0 Å². The Morgan fingerprint density at radius 3 is 3.09 bits per heavy atom. The summed E-state index contributed by atoms with van der Waals surface area (Å²) in [5, 5.41) is 0. The van der Waals surface area contributed by atoms with Crippen LogP contribution in [0.25, 0.3) is 0 Å². The molecule has 11 heavy (non-hydrogen) atoms. The highest BCUT2D eigenvalue weighted by Crippen LogP contribution is 2.27. The molecule has 56 valence electrons. The van der Waals surface area contributed by atoms with E-state index in [2.05, 4.69) is 46.0 Å². The van der Waals surface area contributed by atoms with Gasteiger partial charge in [-0.1, -0.05) is 22.0 Å². The van der Waals surface area contributed by atoms with Crippen LogP contribution in [0.1, 0.15) is 24.1 Å². The number of aliphatic imine (C=N–C) groups is 1. The van der Waals surface area contributed by atoms with Gasteiger partial charge in [-0.25, -0.2) is 0 Å². The molecule has 1 aromatic rings. The van der Waals surface area contributed by atoms with Gasteiger partial charge in [0.25, 0.3) is 0 Å². The van der Waals surface area contributed by atoms with E-state index < -0.39 is 0 Å². The van der Waals surface area contributed by atoms with Crippen molar-refractivity contribution in [3.8, 4) is 0 Å². The molecule has 2 heteroatoms. The molecule has 0 saturated heterocycles. The van der Waals surface area contributed by atoms with Gasteiger partial charge < -0.3 is 0 Å². The van der Waals surface area contributed by atoms with Crippen LogP contribution in [-0.4, -0.2) is 6.21 Å². The highest BCUT2D eigenvalue weighted by atomic mass is 79.9. The van der Waals surface area contributed by atoms with Crippen LogP contribution in [0.15, 0.2) is 27.7 Å². The minimum atomic E-state index is 0.345. The molecule has 1 heterocycles. The average molecular weight is 210 g/mol. The molecular formula is C9H8BrN. The Bertz CT molecular complexity index is 317. The third kappa shape index (κ3) is 1.11. The van der Waals surface area contributed by atoms with E-state index in [1.807, 2.05) is 6.21 Å². The Hall–Kier alpha value is -0.630. The maximum Gasteiger partial charge on any atom is 0.0727 e. The fourth-order valence-electron chi connectivity index (χ4n) is 1.31. The summed E-state index contributed by atoms with van der Waals surface area (Å²) < 4.78 is 1.12. The molecule has 0 aliphatic carbocycles. The van der Waals surface area contributed by atoms with Gasteiger partial charge in [-0.05, 0) is 30.2 Å². The summed E-state index contributed by atoms with van der Waals surface area (Å²) in [4.78, 5) is 4.30. The standard InChI is InChI=1S/C9H8BrN/c1-6-9-3-2-8(10)4-7(9)5-11-6/h2-6H,1H3.